The Labute approximate surface area is 160 Å². The lowest BCUT2D eigenvalue weighted by Gasteiger charge is -2.33. The second-order valence-corrected chi connectivity index (χ2v) is 9.44. The summed E-state index contributed by atoms with van der Waals surface area (Å²) in [5.74, 6) is 0.0583. The van der Waals surface area contributed by atoms with E-state index in [1.165, 1.54) is 4.31 Å². The molecule has 0 atom stereocenters. The van der Waals surface area contributed by atoms with Crippen LogP contribution >= 0.6 is 31.9 Å². The number of hydrogen-bond acceptors (Lipinski definition) is 3. The van der Waals surface area contributed by atoms with Gasteiger partial charge in [-0.15, -0.1) is 0 Å². The van der Waals surface area contributed by atoms with Crippen LogP contribution in [0.25, 0.3) is 0 Å². The third-order valence-electron chi connectivity index (χ3n) is 4.39. The Hall–Kier alpha value is -0.440. The third kappa shape index (κ3) is 4.20. The number of rotatable bonds is 5. The minimum Gasteiger partial charge on any atom is -0.343 e. The van der Waals surface area contributed by atoms with Crippen molar-refractivity contribution in [1.29, 1.82) is 0 Å². The van der Waals surface area contributed by atoms with Gasteiger partial charge in [0.05, 0.1) is 4.90 Å². The number of carbonyl (C=O) groups excluding carboxylic acids is 1. The molecule has 0 saturated carbocycles. The largest absolute Gasteiger partial charge is 0.343 e. The van der Waals surface area contributed by atoms with Crippen molar-refractivity contribution < 1.29 is 13.2 Å². The number of amides is 1. The predicted molar refractivity (Wildman–Crippen MR) is 101 cm³/mol. The number of nitrogens with zero attached hydrogens (tertiary/aromatic N) is 2. The van der Waals surface area contributed by atoms with E-state index in [1.54, 1.807) is 18.2 Å². The fourth-order valence-electron chi connectivity index (χ4n) is 2.95. The quantitative estimate of drug-likeness (QED) is 0.646. The van der Waals surface area contributed by atoms with Gasteiger partial charge in [0, 0.05) is 41.0 Å². The van der Waals surface area contributed by atoms with Crippen LogP contribution in [0.15, 0.2) is 32.0 Å². The van der Waals surface area contributed by atoms with Gasteiger partial charge in [0.2, 0.25) is 15.9 Å². The van der Waals surface area contributed by atoms with Crippen molar-refractivity contribution in [2.75, 3.05) is 26.2 Å². The maximum Gasteiger partial charge on any atom is 0.244 e. The standard InChI is InChI=1S/C16H22Br2N2O3S/c1-3-19(4-2)16(21)12-7-9-20(10-8-12)24(22,23)15-11-13(17)5-6-14(15)18/h5-6,11-12H,3-4,7-10H2,1-2H3. The van der Waals surface area contributed by atoms with Crippen LogP contribution in [0.1, 0.15) is 26.7 Å². The first-order chi connectivity index (χ1) is 11.3. The summed E-state index contributed by atoms with van der Waals surface area (Å²) in [7, 11) is -3.56. The second-order valence-electron chi connectivity index (χ2n) is 5.76. The summed E-state index contributed by atoms with van der Waals surface area (Å²) in [5, 5.41) is 0. The maximum absolute atomic E-state index is 12.9. The molecule has 2 rings (SSSR count). The van der Waals surface area contributed by atoms with Gasteiger partial charge < -0.3 is 4.90 Å². The average Bonchev–Trinajstić information content (AvgIpc) is 2.58. The zero-order valence-electron chi connectivity index (χ0n) is 13.8. The zero-order chi connectivity index (χ0) is 17.9. The number of piperidine rings is 1. The molecule has 1 heterocycles. The van der Waals surface area contributed by atoms with E-state index in [-0.39, 0.29) is 16.7 Å². The molecule has 8 heteroatoms. The molecule has 1 aliphatic heterocycles. The van der Waals surface area contributed by atoms with Crippen LogP contribution in [0.2, 0.25) is 0 Å². The smallest absolute Gasteiger partial charge is 0.244 e. The van der Waals surface area contributed by atoms with E-state index in [2.05, 4.69) is 31.9 Å². The van der Waals surface area contributed by atoms with Crippen LogP contribution in [0.5, 0.6) is 0 Å². The molecule has 0 unspecified atom stereocenters. The molecule has 0 N–H and O–H groups in total. The van der Waals surface area contributed by atoms with Gasteiger partial charge in [-0.05, 0) is 60.8 Å². The Balaban J connectivity index is 2.11. The fraction of sp³-hybridized carbons (Fsp3) is 0.562. The molecular weight excluding hydrogens is 460 g/mol. The van der Waals surface area contributed by atoms with Crippen LogP contribution in [0, 0.1) is 5.92 Å². The molecule has 0 radical (unpaired) electrons. The van der Waals surface area contributed by atoms with E-state index >= 15 is 0 Å². The van der Waals surface area contributed by atoms with E-state index in [9.17, 15) is 13.2 Å². The molecule has 0 aromatic heterocycles. The van der Waals surface area contributed by atoms with Gasteiger partial charge in [-0.25, -0.2) is 8.42 Å². The lowest BCUT2D eigenvalue weighted by atomic mass is 9.96. The Morgan fingerprint density at radius 3 is 2.33 bits per heavy atom. The van der Waals surface area contributed by atoms with Crippen molar-refractivity contribution >= 4 is 47.8 Å². The summed E-state index contributed by atoms with van der Waals surface area (Å²) in [4.78, 5) is 14.5. The van der Waals surface area contributed by atoms with Crippen LogP contribution in [0.3, 0.4) is 0 Å². The summed E-state index contributed by atoms with van der Waals surface area (Å²) in [6.45, 7) is 6.06. The summed E-state index contributed by atoms with van der Waals surface area (Å²) in [5.41, 5.74) is 0. The zero-order valence-corrected chi connectivity index (χ0v) is 17.8. The highest BCUT2D eigenvalue weighted by Gasteiger charge is 2.34. The van der Waals surface area contributed by atoms with Crippen molar-refractivity contribution in [2.24, 2.45) is 5.92 Å². The second kappa shape index (κ2) is 8.29. The lowest BCUT2D eigenvalue weighted by Crippen LogP contribution is -2.44. The first kappa shape index (κ1) is 19.9. The predicted octanol–water partition coefficient (Wildman–Crippen LogP) is 3.48. The molecule has 1 fully saturated rings. The molecule has 1 aromatic rings. The molecular formula is C16H22Br2N2O3S. The molecule has 1 aromatic carbocycles. The number of hydrogen-bond donors (Lipinski definition) is 0. The highest BCUT2D eigenvalue weighted by Crippen LogP contribution is 2.31. The molecule has 134 valence electrons. The SMILES string of the molecule is CCN(CC)C(=O)C1CCN(S(=O)(=O)c2cc(Br)ccc2Br)CC1. The molecule has 24 heavy (non-hydrogen) atoms. The number of halogens is 2. The summed E-state index contributed by atoms with van der Waals surface area (Å²) < 4.78 is 28.5. The van der Waals surface area contributed by atoms with Crippen LogP contribution in [-0.2, 0) is 14.8 Å². The molecule has 1 aliphatic rings. The van der Waals surface area contributed by atoms with Crippen LogP contribution < -0.4 is 0 Å². The molecule has 5 nitrogen and oxygen atoms in total. The van der Waals surface area contributed by atoms with Gasteiger partial charge in [0.1, 0.15) is 0 Å². The third-order valence-corrected chi connectivity index (χ3v) is 7.78. The minimum absolute atomic E-state index is 0.0812. The van der Waals surface area contributed by atoms with Gasteiger partial charge in [-0.2, -0.15) is 4.31 Å². The summed E-state index contributed by atoms with van der Waals surface area (Å²) in [6, 6.07) is 5.11. The molecule has 1 amide bonds. The van der Waals surface area contributed by atoms with Crippen molar-refractivity contribution in [3.8, 4) is 0 Å². The monoisotopic (exact) mass is 480 g/mol. The number of sulfonamides is 1. The maximum atomic E-state index is 12.9. The molecule has 0 aliphatic carbocycles. The lowest BCUT2D eigenvalue weighted by molar-refractivity contribution is -0.136. The number of benzene rings is 1. The van der Waals surface area contributed by atoms with E-state index in [4.69, 9.17) is 0 Å². The van der Waals surface area contributed by atoms with E-state index in [0.717, 1.165) is 4.47 Å². The topological polar surface area (TPSA) is 57.7 Å². The highest BCUT2D eigenvalue weighted by atomic mass is 79.9. The average molecular weight is 482 g/mol. The van der Waals surface area contributed by atoms with E-state index < -0.39 is 10.0 Å². The van der Waals surface area contributed by atoms with Crippen molar-refractivity contribution in [3.05, 3.63) is 27.1 Å². The first-order valence-electron chi connectivity index (χ1n) is 8.05. The number of carbonyl (C=O) groups is 1. The van der Waals surface area contributed by atoms with Crippen molar-refractivity contribution in [2.45, 2.75) is 31.6 Å². The summed E-state index contributed by atoms with van der Waals surface area (Å²) in [6.07, 6.45) is 1.14. The first-order valence-corrected chi connectivity index (χ1v) is 11.1. The van der Waals surface area contributed by atoms with Gasteiger partial charge in [0.15, 0.2) is 0 Å². The minimum atomic E-state index is -3.56. The fourth-order valence-corrected chi connectivity index (χ4v) is 5.88. The summed E-state index contributed by atoms with van der Waals surface area (Å²) >= 11 is 6.64. The van der Waals surface area contributed by atoms with Crippen molar-refractivity contribution in [3.63, 3.8) is 0 Å². The Kier molecular flexibility index (Phi) is 6.87. The van der Waals surface area contributed by atoms with Crippen LogP contribution in [-0.4, -0.2) is 49.7 Å². The van der Waals surface area contributed by atoms with E-state index in [0.29, 0.717) is 43.5 Å². The molecule has 0 bridgehead atoms. The molecule has 1 saturated heterocycles. The van der Waals surface area contributed by atoms with Gasteiger partial charge in [-0.3, -0.25) is 4.79 Å². The Morgan fingerprint density at radius 2 is 1.79 bits per heavy atom. The van der Waals surface area contributed by atoms with Gasteiger partial charge >= 0.3 is 0 Å². The Bertz CT molecular complexity index is 697. The van der Waals surface area contributed by atoms with Crippen molar-refractivity contribution in [1.82, 2.24) is 9.21 Å². The Morgan fingerprint density at radius 1 is 1.21 bits per heavy atom. The van der Waals surface area contributed by atoms with E-state index in [1.807, 2.05) is 18.7 Å². The highest BCUT2D eigenvalue weighted by molar-refractivity contribution is 9.11. The van der Waals surface area contributed by atoms with Gasteiger partial charge in [-0.1, -0.05) is 15.9 Å². The molecule has 0 spiro atoms. The van der Waals surface area contributed by atoms with Gasteiger partial charge in [0.25, 0.3) is 0 Å². The normalized spacial score (nSPS) is 17.0. The van der Waals surface area contributed by atoms with Crippen LogP contribution in [0.4, 0.5) is 0 Å².